The van der Waals surface area contributed by atoms with Crippen molar-refractivity contribution >= 4 is 11.6 Å². The van der Waals surface area contributed by atoms with Crippen LogP contribution in [-0.2, 0) is 63.3 Å². The first-order chi connectivity index (χ1) is 28.9. The van der Waals surface area contributed by atoms with Gasteiger partial charge in [-0.1, -0.05) is 64.0 Å². The zero-order chi connectivity index (χ0) is 41.3. The summed E-state index contributed by atoms with van der Waals surface area (Å²) >= 11 is 5.66. The fraction of sp³-hybridized carbons (Fsp3) is 0.864. The van der Waals surface area contributed by atoms with E-state index in [9.17, 15) is 0 Å². The SMILES string of the molecule is CCCCCCCCc1ccc(OCCOCCOCCOCCOCCOCCOCCOCCOCCOCCOCCOCCOCCCCCCCl)cc1. The van der Waals surface area contributed by atoms with E-state index in [4.69, 9.17) is 73.2 Å². The largest absolute Gasteiger partial charge is 0.491 e. The third-order valence-electron chi connectivity index (χ3n) is 8.50. The lowest BCUT2D eigenvalue weighted by Crippen LogP contribution is -2.15. The summed E-state index contributed by atoms with van der Waals surface area (Å²) in [5.41, 5.74) is 1.38. The maximum absolute atomic E-state index is 5.78. The van der Waals surface area contributed by atoms with Gasteiger partial charge in [-0.3, -0.25) is 0 Å². The molecule has 0 fully saturated rings. The average molecular weight is 854 g/mol. The van der Waals surface area contributed by atoms with Crippen LogP contribution in [0.25, 0.3) is 0 Å². The molecule has 0 aliphatic carbocycles. The fourth-order valence-corrected chi connectivity index (χ4v) is 5.44. The van der Waals surface area contributed by atoms with Gasteiger partial charge in [0.05, 0.1) is 152 Å². The van der Waals surface area contributed by atoms with Crippen molar-refractivity contribution in [2.45, 2.75) is 77.6 Å². The zero-order valence-corrected chi connectivity index (χ0v) is 36.9. The zero-order valence-electron chi connectivity index (χ0n) is 36.2. The molecular formula is C44H81ClO13. The van der Waals surface area contributed by atoms with Gasteiger partial charge in [0.25, 0.3) is 0 Å². The molecule has 0 radical (unpaired) electrons. The fourth-order valence-electron chi connectivity index (χ4n) is 5.25. The number of rotatable bonds is 50. The lowest BCUT2D eigenvalue weighted by atomic mass is 10.0. The summed E-state index contributed by atoms with van der Waals surface area (Å²) < 4.78 is 72.1. The van der Waals surface area contributed by atoms with Gasteiger partial charge in [0, 0.05) is 12.5 Å². The maximum atomic E-state index is 5.78. The molecule has 1 aromatic carbocycles. The van der Waals surface area contributed by atoms with Gasteiger partial charge in [0.2, 0.25) is 0 Å². The predicted octanol–water partition coefficient (Wildman–Crippen LogP) is 6.97. The Morgan fingerprint density at radius 2 is 0.603 bits per heavy atom. The monoisotopic (exact) mass is 853 g/mol. The van der Waals surface area contributed by atoms with E-state index in [1.54, 1.807) is 0 Å². The minimum atomic E-state index is 0.509. The molecule has 0 bridgehead atoms. The van der Waals surface area contributed by atoms with Crippen LogP contribution >= 0.6 is 11.6 Å². The molecule has 13 nitrogen and oxygen atoms in total. The van der Waals surface area contributed by atoms with E-state index in [0.717, 1.165) is 37.5 Å². The highest BCUT2D eigenvalue weighted by Crippen LogP contribution is 2.15. The highest BCUT2D eigenvalue weighted by Gasteiger charge is 2.00. The number of alkyl halides is 1. The molecule has 0 amide bonds. The maximum Gasteiger partial charge on any atom is 0.119 e. The molecule has 0 aromatic heterocycles. The Bertz CT molecular complexity index is 903. The Morgan fingerprint density at radius 1 is 0.310 bits per heavy atom. The second-order valence-electron chi connectivity index (χ2n) is 13.5. The summed E-state index contributed by atoms with van der Waals surface area (Å²) in [5.74, 6) is 1.63. The molecule has 0 spiro atoms. The number of unbranched alkanes of at least 4 members (excludes halogenated alkanes) is 8. The molecule has 58 heavy (non-hydrogen) atoms. The minimum Gasteiger partial charge on any atom is -0.491 e. The van der Waals surface area contributed by atoms with Crippen molar-refractivity contribution in [3.63, 3.8) is 0 Å². The molecule has 342 valence electrons. The van der Waals surface area contributed by atoms with Gasteiger partial charge < -0.3 is 61.6 Å². The van der Waals surface area contributed by atoms with Gasteiger partial charge in [0.15, 0.2) is 0 Å². The second-order valence-corrected chi connectivity index (χ2v) is 13.8. The molecule has 0 aliphatic rings. The van der Waals surface area contributed by atoms with Crippen LogP contribution in [0.3, 0.4) is 0 Å². The Hall–Kier alpha value is -1.17. The summed E-state index contributed by atoms with van der Waals surface area (Å²) in [6.07, 6.45) is 13.6. The van der Waals surface area contributed by atoms with Crippen molar-refractivity contribution < 1.29 is 61.6 Å². The Morgan fingerprint density at radius 3 is 0.966 bits per heavy atom. The van der Waals surface area contributed by atoms with E-state index < -0.39 is 0 Å². The minimum absolute atomic E-state index is 0.509. The number of halogens is 1. The number of aryl methyl sites for hydroxylation is 1. The third kappa shape index (κ3) is 42.9. The highest BCUT2D eigenvalue weighted by atomic mass is 35.5. The van der Waals surface area contributed by atoms with Gasteiger partial charge in [-0.15, -0.1) is 11.6 Å². The van der Waals surface area contributed by atoms with E-state index in [1.165, 1.54) is 56.9 Å². The topological polar surface area (TPSA) is 120 Å². The van der Waals surface area contributed by atoms with Gasteiger partial charge >= 0.3 is 0 Å². The van der Waals surface area contributed by atoms with Gasteiger partial charge in [0.1, 0.15) is 12.4 Å². The molecule has 0 atom stereocenters. The molecular weight excluding hydrogens is 772 g/mol. The Labute approximate surface area is 356 Å². The smallest absolute Gasteiger partial charge is 0.119 e. The number of benzene rings is 1. The van der Waals surface area contributed by atoms with Crippen molar-refractivity contribution in [3.8, 4) is 5.75 Å². The van der Waals surface area contributed by atoms with Crippen molar-refractivity contribution in [3.05, 3.63) is 29.8 Å². The lowest BCUT2D eigenvalue weighted by Gasteiger charge is -2.09. The van der Waals surface area contributed by atoms with Crippen LogP contribution in [0.2, 0.25) is 0 Å². The van der Waals surface area contributed by atoms with Crippen molar-refractivity contribution in [2.75, 3.05) is 171 Å². The van der Waals surface area contributed by atoms with Crippen LogP contribution in [0.15, 0.2) is 24.3 Å². The summed E-state index contributed by atoms with van der Waals surface area (Å²) in [5, 5.41) is 0. The summed E-state index contributed by atoms with van der Waals surface area (Å²) in [4.78, 5) is 0. The number of hydrogen-bond donors (Lipinski definition) is 0. The molecule has 1 aromatic rings. The van der Waals surface area contributed by atoms with E-state index in [1.807, 2.05) is 0 Å². The number of ether oxygens (including phenoxy) is 13. The summed E-state index contributed by atoms with van der Waals surface area (Å²) in [7, 11) is 0. The molecule has 0 unspecified atom stereocenters. The van der Waals surface area contributed by atoms with Crippen molar-refractivity contribution in [1.29, 1.82) is 0 Å². The summed E-state index contributed by atoms with van der Waals surface area (Å²) in [6, 6.07) is 8.44. The quantitative estimate of drug-likeness (QED) is 0.0497. The van der Waals surface area contributed by atoms with Gasteiger partial charge in [-0.2, -0.15) is 0 Å². The second kappa shape index (κ2) is 48.5. The van der Waals surface area contributed by atoms with Crippen LogP contribution in [0.5, 0.6) is 5.75 Å². The Balaban J connectivity index is 1.65. The van der Waals surface area contributed by atoms with E-state index in [2.05, 4.69) is 31.2 Å². The first kappa shape index (κ1) is 54.8. The molecule has 0 saturated carbocycles. The van der Waals surface area contributed by atoms with Crippen LogP contribution in [0.1, 0.15) is 76.7 Å². The first-order valence-electron chi connectivity index (χ1n) is 22.1. The van der Waals surface area contributed by atoms with Gasteiger partial charge in [-0.25, -0.2) is 0 Å². The molecule has 14 heteroatoms. The van der Waals surface area contributed by atoms with E-state index in [0.29, 0.717) is 159 Å². The third-order valence-corrected chi connectivity index (χ3v) is 8.77. The van der Waals surface area contributed by atoms with Crippen LogP contribution < -0.4 is 4.74 Å². The van der Waals surface area contributed by atoms with Crippen LogP contribution in [0, 0.1) is 0 Å². The van der Waals surface area contributed by atoms with Gasteiger partial charge in [-0.05, 0) is 43.4 Å². The lowest BCUT2D eigenvalue weighted by molar-refractivity contribution is -0.0285. The molecule has 1 rings (SSSR count). The molecule has 0 saturated heterocycles. The first-order valence-corrected chi connectivity index (χ1v) is 22.6. The molecule has 0 N–H and O–H groups in total. The predicted molar refractivity (Wildman–Crippen MR) is 228 cm³/mol. The van der Waals surface area contributed by atoms with E-state index >= 15 is 0 Å². The van der Waals surface area contributed by atoms with Crippen molar-refractivity contribution in [2.24, 2.45) is 0 Å². The molecule has 0 aliphatic heterocycles. The number of hydrogen-bond acceptors (Lipinski definition) is 13. The average Bonchev–Trinajstić information content (AvgIpc) is 3.24. The van der Waals surface area contributed by atoms with E-state index in [-0.39, 0.29) is 0 Å². The highest BCUT2D eigenvalue weighted by molar-refractivity contribution is 6.17. The van der Waals surface area contributed by atoms with Crippen LogP contribution in [0.4, 0.5) is 0 Å². The Kier molecular flexibility index (Phi) is 45.9. The standard InChI is InChI=1S/C44H81ClO13/c1-2-3-4-5-6-9-12-43-13-15-44(16-14-43)58-42-41-57-40-39-56-38-37-55-36-35-54-34-33-53-32-31-52-30-29-51-28-27-50-26-25-49-24-23-48-22-21-47-20-19-46-18-11-8-7-10-17-45/h13-16H,2-12,17-42H2,1H3. The van der Waals surface area contributed by atoms with Crippen molar-refractivity contribution in [1.82, 2.24) is 0 Å². The van der Waals surface area contributed by atoms with Crippen LogP contribution in [-0.4, -0.2) is 171 Å². The summed E-state index contributed by atoms with van der Waals surface area (Å²) in [6.45, 7) is 15.7. The normalized spacial score (nSPS) is 11.6. The molecule has 0 heterocycles.